The summed E-state index contributed by atoms with van der Waals surface area (Å²) in [4.78, 5) is 2.53. The fourth-order valence-corrected chi connectivity index (χ4v) is 3.00. The van der Waals surface area contributed by atoms with E-state index in [1.807, 2.05) is 0 Å². The van der Waals surface area contributed by atoms with Gasteiger partial charge in [-0.2, -0.15) is 11.8 Å². The molecule has 0 aromatic carbocycles. The van der Waals surface area contributed by atoms with Gasteiger partial charge >= 0.3 is 0 Å². The van der Waals surface area contributed by atoms with Gasteiger partial charge in [-0.15, -0.1) is 0 Å². The molecular weight excluding hydrogens is 269 g/mol. The average molecular weight is 285 g/mol. The van der Waals surface area contributed by atoms with Crippen LogP contribution in [-0.2, 0) is 0 Å². The minimum Gasteiger partial charge on any atom is -0.303 e. The van der Waals surface area contributed by atoms with E-state index >= 15 is 0 Å². The predicted molar refractivity (Wildman–Crippen MR) is 61.9 cm³/mol. The number of thioether (sulfide) groups is 1. The fraction of sp³-hybridized carbons (Fsp3) is 1.00. The Balaban J connectivity index is 2.12. The van der Waals surface area contributed by atoms with Crippen LogP contribution in [0, 0.1) is 0 Å². The zero-order valence-corrected chi connectivity index (χ0v) is 10.0. The Bertz CT molecular complexity index is 104. The molecule has 11 heavy (non-hydrogen) atoms. The van der Waals surface area contributed by atoms with Crippen molar-refractivity contribution >= 4 is 34.4 Å². The molecule has 1 aliphatic heterocycles. The summed E-state index contributed by atoms with van der Waals surface area (Å²) in [6, 6.07) is 0.878. The van der Waals surface area contributed by atoms with Crippen LogP contribution in [0.1, 0.15) is 12.8 Å². The molecule has 0 radical (unpaired) electrons. The number of hydrogen-bond acceptors (Lipinski definition) is 2. The van der Waals surface area contributed by atoms with E-state index in [1.54, 1.807) is 0 Å². The zero-order valence-electron chi connectivity index (χ0n) is 7.05. The lowest BCUT2D eigenvalue weighted by molar-refractivity contribution is 0.264. The third-order valence-corrected chi connectivity index (χ3v) is 4.08. The molecule has 3 heteroatoms. The van der Waals surface area contributed by atoms with Crippen LogP contribution < -0.4 is 0 Å². The van der Waals surface area contributed by atoms with Crippen LogP contribution in [0.25, 0.3) is 0 Å². The summed E-state index contributed by atoms with van der Waals surface area (Å²) < 4.78 is 1.29. The molecule has 0 amide bonds. The van der Waals surface area contributed by atoms with Crippen LogP contribution in [-0.4, -0.2) is 40.5 Å². The molecule has 0 N–H and O–H groups in total. The summed E-state index contributed by atoms with van der Waals surface area (Å²) in [6.45, 7) is 1.29. The summed E-state index contributed by atoms with van der Waals surface area (Å²) in [5.74, 6) is 2.73. The molecule has 1 unspecified atom stereocenters. The van der Waals surface area contributed by atoms with Gasteiger partial charge < -0.3 is 4.90 Å². The SMILES string of the molecule is CN(CCCI)C1CCSC1. The normalized spacial score (nSPS) is 24.8. The first-order valence-electron chi connectivity index (χ1n) is 4.18. The first-order valence-corrected chi connectivity index (χ1v) is 6.86. The maximum absolute atomic E-state index is 2.53. The van der Waals surface area contributed by atoms with Gasteiger partial charge in [-0.1, -0.05) is 22.6 Å². The van der Waals surface area contributed by atoms with Gasteiger partial charge in [0.25, 0.3) is 0 Å². The van der Waals surface area contributed by atoms with Gasteiger partial charge in [0.2, 0.25) is 0 Å². The first-order chi connectivity index (χ1) is 5.34. The third kappa shape index (κ3) is 3.51. The van der Waals surface area contributed by atoms with Crippen molar-refractivity contribution in [2.75, 3.05) is 29.5 Å². The van der Waals surface area contributed by atoms with E-state index in [-0.39, 0.29) is 0 Å². The van der Waals surface area contributed by atoms with Crippen molar-refractivity contribution in [1.29, 1.82) is 0 Å². The molecule has 0 aromatic rings. The Morgan fingerprint density at radius 2 is 2.45 bits per heavy atom. The predicted octanol–water partition coefficient (Wildman–Crippen LogP) is 2.25. The van der Waals surface area contributed by atoms with Crippen LogP contribution in [0.4, 0.5) is 0 Å². The van der Waals surface area contributed by atoms with Crippen molar-refractivity contribution in [3.63, 3.8) is 0 Å². The van der Waals surface area contributed by atoms with Gasteiger partial charge in [0.1, 0.15) is 0 Å². The standard InChI is InChI=1S/C8H16INS/c1-10(5-2-4-9)8-3-6-11-7-8/h8H,2-7H2,1H3. The molecule has 0 aromatic heterocycles. The second-order valence-electron chi connectivity index (χ2n) is 3.04. The van der Waals surface area contributed by atoms with Gasteiger partial charge in [-0.05, 0) is 32.2 Å². The highest BCUT2D eigenvalue weighted by Gasteiger charge is 2.18. The monoisotopic (exact) mass is 285 g/mol. The number of halogens is 1. The van der Waals surface area contributed by atoms with Gasteiger partial charge in [0, 0.05) is 16.2 Å². The van der Waals surface area contributed by atoms with Crippen molar-refractivity contribution in [2.24, 2.45) is 0 Å². The number of rotatable bonds is 4. The highest BCUT2D eigenvalue weighted by molar-refractivity contribution is 14.1. The Hall–Kier alpha value is 1.04. The lowest BCUT2D eigenvalue weighted by Crippen LogP contribution is -2.32. The maximum atomic E-state index is 2.53. The third-order valence-electron chi connectivity index (χ3n) is 2.17. The van der Waals surface area contributed by atoms with E-state index < -0.39 is 0 Å². The van der Waals surface area contributed by atoms with E-state index in [2.05, 4.69) is 46.3 Å². The van der Waals surface area contributed by atoms with Crippen molar-refractivity contribution in [3.8, 4) is 0 Å². The van der Waals surface area contributed by atoms with Gasteiger partial charge in [0.05, 0.1) is 0 Å². The molecule has 0 spiro atoms. The second kappa shape index (κ2) is 5.65. The molecule has 1 saturated heterocycles. The van der Waals surface area contributed by atoms with Crippen LogP contribution in [0.3, 0.4) is 0 Å². The molecule has 1 nitrogen and oxygen atoms in total. The minimum atomic E-state index is 0.878. The molecule has 1 rings (SSSR count). The molecular formula is C8H16INS. The molecule has 1 heterocycles. The van der Waals surface area contributed by atoms with E-state index in [0.717, 1.165) is 6.04 Å². The van der Waals surface area contributed by atoms with E-state index in [4.69, 9.17) is 0 Å². The summed E-state index contributed by atoms with van der Waals surface area (Å²) in [7, 11) is 2.27. The maximum Gasteiger partial charge on any atom is 0.0191 e. The summed E-state index contributed by atoms with van der Waals surface area (Å²) in [6.07, 6.45) is 2.75. The number of hydrogen-bond donors (Lipinski definition) is 0. The summed E-state index contributed by atoms with van der Waals surface area (Å²) >= 11 is 4.55. The quantitative estimate of drug-likeness (QED) is 0.576. The van der Waals surface area contributed by atoms with Crippen LogP contribution in [0.2, 0.25) is 0 Å². The van der Waals surface area contributed by atoms with Gasteiger partial charge in [-0.3, -0.25) is 0 Å². The minimum absolute atomic E-state index is 0.878. The van der Waals surface area contributed by atoms with E-state index in [0.29, 0.717) is 0 Å². The highest BCUT2D eigenvalue weighted by Crippen LogP contribution is 2.21. The van der Waals surface area contributed by atoms with Crippen molar-refractivity contribution in [2.45, 2.75) is 18.9 Å². The Morgan fingerprint density at radius 1 is 1.64 bits per heavy atom. The molecule has 66 valence electrons. The highest BCUT2D eigenvalue weighted by atomic mass is 127. The van der Waals surface area contributed by atoms with Gasteiger partial charge in [0.15, 0.2) is 0 Å². The first kappa shape index (κ1) is 10.1. The number of nitrogens with zero attached hydrogens (tertiary/aromatic N) is 1. The summed E-state index contributed by atoms with van der Waals surface area (Å²) in [5, 5.41) is 0. The number of alkyl halides is 1. The molecule has 0 aliphatic carbocycles. The van der Waals surface area contributed by atoms with Crippen LogP contribution in [0.15, 0.2) is 0 Å². The smallest absolute Gasteiger partial charge is 0.0191 e. The molecule has 1 fully saturated rings. The van der Waals surface area contributed by atoms with Crippen molar-refractivity contribution in [1.82, 2.24) is 4.90 Å². The van der Waals surface area contributed by atoms with Gasteiger partial charge in [-0.25, -0.2) is 0 Å². The molecule has 1 atom stereocenters. The van der Waals surface area contributed by atoms with Crippen LogP contribution >= 0.6 is 34.4 Å². The topological polar surface area (TPSA) is 3.24 Å². The van der Waals surface area contributed by atoms with Crippen molar-refractivity contribution < 1.29 is 0 Å². The Morgan fingerprint density at radius 3 is 3.00 bits per heavy atom. The Kier molecular flexibility index (Phi) is 5.20. The van der Waals surface area contributed by atoms with Crippen LogP contribution in [0.5, 0.6) is 0 Å². The largest absolute Gasteiger partial charge is 0.303 e. The van der Waals surface area contributed by atoms with E-state index in [1.165, 1.54) is 35.3 Å². The molecule has 0 bridgehead atoms. The molecule has 1 aliphatic rings. The van der Waals surface area contributed by atoms with E-state index in [9.17, 15) is 0 Å². The molecule has 0 saturated carbocycles. The van der Waals surface area contributed by atoms with Crippen molar-refractivity contribution in [3.05, 3.63) is 0 Å². The summed E-state index contributed by atoms with van der Waals surface area (Å²) in [5.41, 5.74) is 0. The second-order valence-corrected chi connectivity index (χ2v) is 5.27. The Labute approximate surface area is 87.4 Å². The lowest BCUT2D eigenvalue weighted by Gasteiger charge is -2.22. The lowest BCUT2D eigenvalue weighted by atomic mass is 10.2. The zero-order chi connectivity index (χ0) is 8.10. The average Bonchev–Trinajstić information content (AvgIpc) is 2.52. The fourth-order valence-electron chi connectivity index (χ4n) is 1.36.